The normalized spacial score (nSPS) is 17.1. The second-order valence-corrected chi connectivity index (χ2v) is 7.03. The van der Waals surface area contributed by atoms with Gasteiger partial charge in [0.25, 0.3) is 0 Å². The van der Waals surface area contributed by atoms with Gasteiger partial charge in [-0.15, -0.1) is 0 Å². The van der Waals surface area contributed by atoms with Crippen LogP contribution in [0.3, 0.4) is 0 Å². The molecule has 0 radical (unpaired) electrons. The number of rotatable bonds is 10. The van der Waals surface area contributed by atoms with Crippen molar-refractivity contribution in [3.8, 4) is 0 Å². The minimum atomic E-state index is -1.24. The minimum Gasteiger partial charge on any atom is -0.861 e. The standard InChI is InChI=1S/C17H27N7O7.Ga/c25-14(18-1-3-23-4-2-19-17(23)24(30)31)11-20-5-7-21(12-15(26)27)9-10-22(8-6-20)13-16(28)29;/h2,4H,1,3,5-13H2,(H,18,25)(H,26,27)(H,28,29);/q;+3/p-3. The largest absolute Gasteiger partial charge is 3.00 e. The van der Waals surface area contributed by atoms with Crippen LogP contribution in [0.1, 0.15) is 0 Å². The second kappa shape index (κ2) is 13.8. The molecule has 0 unspecified atom stereocenters. The molecular formula is C17H24GaN7O7. The summed E-state index contributed by atoms with van der Waals surface area (Å²) in [6.45, 7) is 1.73. The zero-order valence-electron chi connectivity index (χ0n) is 17.5. The number of nitro groups is 1. The molecule has 1 saturated heterocycles. The number of carboxylic acid groups (broad SMARTS) is 2. The Morgan fingerprint density at radius 2 is 1.41 bits per heavy atom. The Morgan fingerprint density at radius 1 is 0.938 bits per heavy atom. The van der Waals surface area contributed by atoms with Crippen molar-refractivity contribution < 1.29 is 29.8 Å². The third-order valence-corrected chi connectivity index (χ3v) is 4.75. The average molecular weight is 508 g/mol. The maximum atomic E-state index is 12.3. The van der Waals surface area contributed by atoms with Crippen LogP contribution in [0.15, 0.2) is 17.4 Å². The number of carbonyl (C=O) groups is 2. The summed E-state index contributed by atoms with van der Waals surface area (Å²) in [5, 5.41) is 45.0. The van der Waals surface area contributed by atoms with Gasteiger partial charge in [0.05, 0.1) is 25.0 Å². The van der Waals surface area contributed by atoms with E-state index in [9.17, 15) is 35.0 Å². The number of hydrogen-bond acceptors (Lipinski definition) is 12. The van der Waals surface area contributed by atoms with Crippen LogP contribution in [0.4, 0.5) is 5.95 Å². The van der Waals surface area contributed by atoms with Crippen LogP contribution in [0.5, 0.6) is 0 Å². The summed E-state index contributed by atoms with van der Waals surface area (Å²) in [6.07, 6.45) is 2.72. The number of carbonyl (C=O) groups excluding carboxylic acids is 2. The number of carboxylic acids is 2. The van der Waals surface area contributed by atoms with E-state index in [4.69, 9.17) is 0 Å². The molecule has 15 heteroatoms. The van der Waals surface area contributed by atoms with E-state index in [-0.39, 0.29) is 58.5 Å². The Balaban J connectivity index is 0.00000512. The SMILES string of the molecule is O=C([O-])CN1CCN(CC(=O)[O-])CCN(CC([O-])=NCCn2ccnc2[N+](=O)[O-])CC1.[Ga+3]. The van der Waals surface area contributed by atoms with Gasteiger partial charge in [0, 0.05) is 58.9 Å². The van der Waals surface area contributed by atoms with Crippen molar-refractivity contribution in [1.82, 2.24) is 24.3 Å². The van der Waals surface area contributed by atoms with Gasteiger partial charge in [-0.1, -0.05) is 4.98 Å². The summed E-state index contributed by atoms with van der Waals surface area (Å²) in [5.74, 6) is -3.24. The molecule has 0 atom stereocenters. The first kappa shape index (κ1) is 27.6. The number of aliphatic carboxylic acids is 2. The van der Waals surface area contributed by atoms with E-state index in [0.717, 1.165) is 0 Å². The van der Waals surface area contributed by atoms with Gasteiger partial charge in [-0.2, -0.15) is 0 Å². The van der Waals surface area contributed by atoms with E-state index >= 15 is 0 Å². The Kier molecular flexibility index (Phi) is 11.9. The topological polar surface area (TPSA) is 186 Å². The molecular weight excluding hydrogens is 484 g/mol. The maximum absolute atomic E-state index is 12.3. The molecule has 32 heavy (non-hydrogen) atoms. The molecule has 14 nitrogen and oxygen atoms in total. The van der Waals surface area contributed by atoms with E-state index < -0.39 is 22.8 Å². The Hall–Kier alpha value is -2.46. The molecule has 0 N–H and O–H groups in total. The van der Waals surface area contributed by atoms with Crippen LogP contribution in [-0.4, -0.2) is 132 Å². The number of imidazole rings is 1. The van der Waals surface area contributed by atoms with Crippen molar-refractivity contribution in [2.75, 3.05) is 65.4 Å². The summed E-state index contributed by atoms with van der Waals surface area (Å²) in [7, 11) is 0. The summed E-state index contributed by atoms with van der Waals surface area (Å²) >= 11 is 0. The molecule has 0 spiro atoms. The summed E-state index contributed by atoms with van der Waals surface area (Å²) in [6, 6.07) is 0. The molecule has 1 aromatic rings. The predicted octanol–water partition coefficient (Wildman–Crippen LogP) is -5.41. The van der Waals surface area contributed by atoms with E-state index in [0.29, 0.717) is 39.3 Å². The number of aromatic nitrogens is 2. The maximum Gasteiger partial charge on any atom is 3.00 e. The first-order valence-corrected chi connectivity index (χ1v) is 9.67. The van der Waals surface area contributed by atoms with E-state index in [1.807, 2.05) is 0 Å². The first-order chi connectivity index (χ1) is 14.7. The summed E-state index contributed by atoms with van der Waals surface area (Å²) in [4.78, 5) is 44.7. The molecule has 1 aromatic heterocycles. The molecule has 1 fully saturated rings. The minimum absolute atomic E-state index is 0. The molecule has 2 heterocycles. The fourth-order valence-electron chi connectivity index (χ4n) is 3.20. The molecule has 0 aliphatic carbocycles. The van der Waals surface area contributed by atoms with Gasteiger partial charge in [0.15, 0.2) is 0 Å². The summed E-state index contributed by atoms with van der Waals surface area (Å²) in [5.41, 5.74) is 0. The quantitative estimate of drug-likeness (QED) is 0.0966. The van der Waals surface area contributed by atoms with Gasteiger partial charge in [0.2, 0.25) is 0 Å². The second-order valence-electron chi connectivity index (χ2n) is 7.03. The Bertz CT molecular complexity index is 776. The monoisotopic (exact) mass is 507 g/mol. The van der Waals surface area contributed by atoms with Crippen molar-refractivity contribution in [3.05, 3.63) is 22.5 Å². The molecule has 1 aliphatic heterocycles. The van der Waals surface area contributed by atoms with Crippen LogP contribution in [0, 0.1) is 10.1 Å². The van der Waals surface area contributed by atoms with Crippen LogP contribution < -0.4 is 15.3 Å². The number of aliphatic imine (C=N–C) groups is 1. The zero-order valence-corrected chi connectivity index (χ0v) is 19.9. The van der Waals surface area contributed by atoms with E-state index in [2.05, 4.69) is 9.98 Å². The zero-order chi connectivity index (χ0) is 22.8. The van der Waals surface area contributed by atoms with Crippen LogP contribution in [-0.2, 0) is 16.1 Å². The smallest absolute Gasteiger partial charge is 0.861 e. The molecule has 2 rings (SSSR count). The van der Waals surface area contributed by atoms with Gasteiger partial charge in [-0.05, 0) is 10.8 Å². The van der Waals surface area contributed by atoms with Crippen LogP contribution >= 0.6 is 0 Å². The fraction of sp³-hybridized carbons (Fsp3) is 0.647. The van der Waals surface area contributed by atoms with Crippen molar-refractivity contribution >= 4 is 43.6 Å². The fourth-order valence-corrected chi connectivity index (χ4v) is 3.20. The van der Waals surface area contributed by atoms with Gasteiger partial charge in [0.1, 0.15) is 12.4 Å². The van der Waals surface area contributed by atoms with Gasteiger partial charge in [-0.3, -0.25) is 14.7 Å². The van der Waals surface area contributed by atoms with Gasteiger partial charge >= 0.3 is 25.7 Å². The summed E-state index contributed by atoms with van der Waals surface area (Å²) < 4.78 is 1.28. The Morgan fingerprint density at radius 3 is 1.84 bits per heavy atom. The molecule has 0 bridgehead atoms. The van der Waals surface area contributed by atoms with Crippen molar-refractivity contribution in [1.29, 1.82) is 0 Å². The molecule has 172 valence electrons. The van der Waals surface area contributed by atoms with Gasteiger partial charge in [-0.25, -0.2) is 4.57 Å². The Labute approximate surface area is 197 Å². The van der Waals surface area contributed by atoms with Gasteiger partial charge < -0.3 is 40.0 Å². The van der Waals surface area contributed by atoms with Crippen molar-refractivity contribution in [2.24, 2.45) is 4.99 Å². The van der Waals surface area contributed by atoms with Crippen molar-refractivity contribution in [2.45, 2.75) is 6.54 Å². The van der Waals surface area contributed by atoms with Crippen LogP contribution in [0.2, 0.25) is 0 Å². The van der Waals surface area contributed by atoms with E-state index in [1.54, 1.807) is 14.7 Å². The third kappa shape index (κ3) is 9.78. The molecule has 0 saturated carbocycles. The number of hydrogen-bond donors (Lipinski definition) is 0. The predicted molar refractivity (Wildman–Crippen MR) is 106 cm³/mol. The van der Waals surface area contributed by atoms with Crippen molar-refractivity contribution in [3.63, 3.8) is 0 Å². The molecule has 0 amide bonds. The average Bonchev–Trinajstić information content (AvgIpc) is 3.16. The molecule has 1 aliphatic rings. The number of nitrogens with zero attached hydrogens (tertiary/aromatic N) is 7. The first-order valence-electron chi connectivity index (χ1n) is 9.67. The third-order valence-electron chi connectivity index (χ3n) is 4.75. The molecule has 0 aromatic carbocycles. The van der Waals surface area contributed by atoms with E-state index in [1.165, 1.54) is 17.0 Å². The van der Waals surface area contributed by atoms with Crippen LogP contribution in [0.25, 0.3) is 0 Å².